The monoisotopic (exact) mass is 227 g/mol. The minimum absolute atomic E-state index is 0.196. The Bertz CT molecular complexity index is 510. The molecule has 5 heteroatoms. The van der Waals surface area contributed by atoms with Crippen LogP contribution in [0.3, 0.4) is 0 Å². The van der Waals surface area contributed by atoms with E-state index in [1.165, 1.54) is 24.4 Å². The first kappa shape index (κ1) is 10.9. The molecule has 0 fully saturated rings. The largest absolute Gasteiger partial charge is 0.418 e. The smallest absolute Gasteiger partial charge is 0.379 e. The molecule has 0 bridgehead atoms. The Labute approximate surface area is 89.4 Å². The zero-order chi connectivity index (χ0) is 11.8. The van der Waals surface area contributed by atoms with E-state index in [1.54, 1.807) is 12.1 Å². The van der Waals surface area contributed by atoms with Crippen LogP contribution in [0.5, 0.6) is 0 Å². The number of aromatic nitrogens is 1. The van der Waals surface area contributed by atoms with Gasteiger partial charge in [-0.3, -0.25) is 4.98 Å². The van der Waals surface area contributed by atoms with E-state index in [9.17, 15) is 13.2 Å². The lowest BCUT2D eigenvalue weighted by molar-refractivity contribution is -0.206. The highest BCUT2D eigenvalue weighted by molar-refractivity contribution is 5.78. The molecule has 0 radical (unpaired) electrons. The van der Waals surface area contributed by atoms with E-state index in [1.807, 2.05) is 0 Å². The van der Waals surface area contributed by atoms with Crippen LogP contribution in [0.25, 0.3) is 10.9 Å². The maximum Gasteiger partial charge on any atom is 0.418 e. The van der Waals surface area contributed by atoms with Crippen LogP contribution in [-0.2, 0) is 0 Å². The second kappa shape index (κ2) is 3.75. The van der Waals surface area contributed by atoms with Gasteiger partial charge in [-0.15, -0.1) is 0 Å². The van der Waals surface area contributed by atoms with E-state index >= 15 is 0 Å². The van der Waals surface area contributed by atoms with Crippen molar-refractivity contribution in [1.82, 2.24) is 4.98 Å². The number of benzene rings is 1. The van der Waals surface area contributed by atoms with Crippen LogP contribution in [-0.4, -0.2) is 16.3 Å². The molecule has 84 valence electrons. The number of aliphatic hydroxyl groups is 1. The van der Waals surface area contributed by atoms with Gasteiger partial charge in [0, 0.05) is 11.6 Å². The van der Waals surface area contributed by atoms with Crippen LogP contribution < -0.4 is 0 Å². The standard InChI is InChI=1S/C11H8F3NO/c12-11(13,14)10(16)8-4-3-7-2-1-5-15-9(7)6-8/h1-6,10,16H/t10-/m1/s1. The second-order valence-electron chi connectivity index (χ2n) is 3.40. The number of hydrogen-bond acceptors (Lipinski definition) is 2. The van der Waals surface area contributed by atoms with Gasteiger partial charge in [-0.25, -0.2) is 0 Å². The molecule has 0 unspecified atom stereocenters. The molecule has 1 aromatic heterocycles. The molecule has 0 aliphatic carbocycles. The van der Waals surface area contributed by atoms with Crippen molar-refractivity contribution >= 4 is 10.9 Å². The Hall–Kier alpha value is -1.62. The average Bonchev–Trinajstić information content (AvgIpc) is 2.26. The van der Waals surface area contributed by atoms with Crippen molar-refractivity contribution in [2.75, 3.05) is 0 Å². The summed E-state index contributed by atoms with van der Waals surface area (Å²) in [5.74, 6) is 0. The summed E-state index contributed by atoms with van der Waals surface area (Å²) in [5.41, 5.74) is 0.238. The number of nitrogens with zero attached hydrogens (tertiary/aromatic N) is 1. The highest BCUT2D eigenvalue weighted by Gasteiger charge is 2.39. The first-order chi connectivity index (χ1) is 7.48. The molecule has 0 amide bonds. The van der Waals surface area contributed by atoms with Crippen molar-refractivity contribution in [2.24, 2.45) is 0 Å². The van der Waals surface area contributed by atoms with Gasteiger partial charge in [0.1, 0.15) is 0 Å². The van der Waals surface area contributed by atoms with Gasteiger partial charge in [0.05, 0.1) is 5.52 Å². The fourth-order valence-corrected chi connectivity index (χ4v) is 1.44. The predicted octanol–water partition coefficient (Wildman–Crippen LogP) is 2.83. The van der Waals surface area contributed by atoms with E-state index in [0.29, 0.717) is 5.52 Å². The van der Waals surface area contributed by atoms with Crippen molar-refractivity contribution in [2.45, 2.75) is 12.3 Å². The molecule has 1 aromatic carbocycles. The maximum absolute atomic E-state index is 12.3. The lowest BCUT2D eigenvalue weighted by Gasteiger charge is -2.14. The number of aliphatic hydroxyl groups excluding tert-OH is 1. The molecule has 1 atom stereocenters. The summed E-state index contributed by atoms with van der Waals surface area (Å²) in [4.78, 5) is 3.93. The fraction of sp³-hybridized carbons (Fsp3) is 0.182. The normalized spacial score (nSPS) is 14.0. The van der Waals surface area contributed by atoms with Crippen LogP contribution in [0.2, 0.25) is 0 Å². The summed E-state index contributed by atoms with van der Waals surface area (Å²) in [6.07, 6.45) is -5.62. The van der Waals surface area contributed by atoms with Crippen molar-refractivity contribution in [1.29, 1.82) is 0 Å². The number of rotatable bonds is 1. The van der Waals surface area contributed by atoms with Gasteiger partial charge in [-0.05, 0) is 17.7 Å². The van der Waals surface area contributed by atoms with Crippen molar-refractivity contribution in [3.63, 3.8) is 0 Å². The third-order valence-corrected chi connectivity index (χ3v) is 2.26. The molecule has 0 spiro atoms. The lowest BCUT2D eigenvalue weighted by Crippen LogP contribution is -2.20. The number of alkyl halides is 3. The molecule has 1 N–H and O–H groups in total. The summed E-state index contributed by atoms with van der Waals surface area (Å²) >= 11 is 0. The van der Waals surface area contributed by atoms with E-state index in [0.717, 1.165) is 5.39 Å². The van der Waals surface area contributed by atoms with E-state index in [-0.39, 0.29) is 5.56 Å². The quantitative estimate of drug-likeness (QED) is 0.812. The van der Waals surface area contributed by atoms with E-state index < -0.39 is 12.3 Å². The Balaban J connectivity index is 2.47. The zero-order valence-corrected chi connectivity index (χ0v) is 8.07. The Morgan fingerprint density at radius 3 is 2.62 bits per heavy atom. The van der Waals surface area contributed by atoms with Crippen LogP contribution >= 0.6 is 0 Å². The number of pyridine rings is 1. The summed E-state index contributed by atoms with van der Waals surface area (Å²) < 4.78 is 36.8. The van der Waals surface area contributed by atoms with Crippen molar-refractivity contribution < 1.29 is 18.3 Å². The molecule has 0 saturated carbocycles. The van der Waals surface area contributed by atoms with E-state index in [2.05, 4.69) is 4.98 Å². The highest BCUT2D eigenvalue weighted by Crippen LogP contribution is 2.33. The van der Waals surface area contributed by atoms with Gasteiger partial charge in [0.25, 0.3) is 0 Å². The summed E-state index contributed by atoms with van der Waals surface area (Å²) in [5, 5.41) is 9.80. The minimum atomic E-state index is -4.65. The van der Waals surface area contributed by atoms with Crippen molar-refractivity contribution in [3.05, 3.63) is 42.1 Å². The van der Waals surface area contributed by atoms with Gasteiger partial charge in [-0.1, -0.05) is 18.2 Å². The van der Waals surface area contributed by atoms with Gasteiger partial charge in [0.2, 0.25) is 0 Å². The second-order valence-corrected chi connectivity index (χ2v) is 3.40. The molecule has 1 heterocycles. The van der Waals surface area contributed by atoms with Gasteiger partial charge in [-0.2, -0.15) is 13.2 Å². The SMILES string of the molecule is O[C@H](c1ccc2cccnc2c1)C(F)(F)F. The molecule has 2 aromatic rings. The first-order valence-electron chi connectivity index (χ1n) is 4.58. The Morgan fingerprint density at radius 2 is 1.94 bits per heavy atom. The first-order valence-corrected chi connectivity index (χ1v) is 4.58. The Kier molecular flexibility index (Phi) is 2.55. The topological polar surface area (TPSA) is 33.1 Å². The third kappa shape index (κ3) is 1.99. The van der Waals surface area contributed by atoms with Gasteiger partial charge in [0.15, 0.2) is 6.10 Å². The van der Waals surface area contributed by atoms with Gasteiger partial charge < -0.3 is 5.11 Å². The number of halogens is 3. The van der Waals surface area contributed by atoms with Crippen LogP contribution in [0, 0.1) is 0 Å². The maximum atomic E-state index is 12.3. The summed E-state index contributed by atoms with van der Waals surface area (Å²) in [6, 6.07) is 7.44. The molecule has 16 heavy (non-hydrogen) atoms. The third-order valence-electron chi connectivity index (χ3n) is 2.26. The number of hydrogen-bond donors (Lipinski definition) is 1. The van der Waals surface area contributed by atoms with Crippen LogP contribution in [0.4, 0.5) is 13.2 Å². The Morgan fingerprint density at radius 1 is 1.19 bits per heavy atom. The van der Waals surface area contributed by atoms with Crippen LogP contribution in [0.1, 0.15) is 11.7 Å². The summed E-state index contributed by atoms with van der Waals surface area (Å²) in [6.45, 7) is 0. The molecule has 0 aliphatic rings. The lowest BCUT2D eigenvalue weighted by atomic mass is 10.1. The van der Waals surface area contributed by atoms with Crippen LogP contribution in [0.15, 0.2) is 36.5 Å². The fourth-order valence-electron chi connectivity index (χ4n) is 1.44. The molecule has 2 rings (SSSR count). The van der Waals surface area contributed by atoms with E-state index in [4.69, 9.17) is 5.11 Å². The highest BCUT2D eigenvalue weighted by atomic mass is 19.4. The molecular formula is C11H8F3NO. The average molecular weight is 227 g/mol. The molecule has 0 saturated heterocycles. The number of fused-ring (bicyclic) bond motifs is 1. The minimum Gasteiger partial charge on any atom is -0.379 e. The van der Waals surface area contributed by atoms with Crippen molar-refractivity contribution in [3.8, 4) is 0 Å². The molecular weight excluding hydrogens is 219 g/mol. The zero-order valence-electron chi connectivity index (χ0n) is 8.07. The summed E-state index contributed by atoms with van der Waals surface area (Å²) in [7, 11) is 0. The molecule has 2 nitrogen and oxygen atoms in total. The molecule has 0 aliphatic heterocycles. The van der Waals surface area contributed by atoms with Gasteiger partial charge >= 0.3 is 6.18 Å². The predicted molar refractivity (Wildman–Crippen MR) is 52.8 cm³/mol.